The molecule has 0 N–H and O–H groups in total. The van der Waals surface area contributed by atoms with Crippen molar-refractivity contribution in [2.24, 2.45) is 0 Å². The average Bonchev–Trinajstić information content (AvgIpc) is 3.60. The minimum Gasteiger partial charge on any atom is -0.135 e. The molecule has 0 saturated carbocycles. The van der Waals surface area contributed by atoms with E-state index in [1.54, 1.807) is 0 Å². The zero-order valence-corrected chi connectivity index (χ0v) is 28.7. The first kappa shape index (κ1) is 29.6. The monoisotopic (exact) mass is 664 g/mol. The molecule has 0 unspecified atom stereocenters. The molecule has 0 aliphatic carbocycles. The summed E-state index contributed by atoms with van der Waals surface area (Å²) in [5, 5.41) is 7.70. The summed E-state index contributed by atoms with van der Waals surface area (Å²) in [5.74, 6) is 0. The third kappa shape index (κ3) is 4.97. The number of fused-ring (bicyclic) bond motifs is 5. The van der Waals surface area contributed by atoms with Gasteiger partial charge in [0, 0.05) is 20.2 Å². The van der Waals surface area contributed by atoms with Crippen molar-refractivity contribution >= 4 is 53.1 Å². The Hall–Kier alpha value is -6.28. The van der Waals surface area contributed by atoms with Gasteiger partial charge in [-0.05, 0) is 101 Å². The lowest BCUT2D eigenvalue weighted by molar-refractivity contribution is 1.58. The average molecular weight is 665 g/mol. The van der Waals surface area contributed by atoms with E-state index in [0.29, 0.717) is 0 Å². The van der Waals surface area contributed by atoms with Crippen LogP contribution in [0.25, 0.3) is 97.4 Å². The summed E-state index contributed by atoms with van der Waals surface area (Å²) in [6.45, 7) is 0. The summed E-state index contributed by atoms with van der Waals surface area (Å²) in [6.07, 6.45) is 0. The van der Waals surface area contributed by atoms with E-state index in [9.17, 15) is 0 Å². The van der Waals surface area contributed by atoms with Crippen molar-refractivity contribution in [2.45, 2.75) is 0 Å². The van der Waals surface area contributed by atoms with Gasteiger partial charge in [0.25, 0.3) is 0 Å². The molecule has 0 amide bonds. The van der Waals surface area contributed by atoms with Crippen molar-refractivity contribution in [2.75, 3.05) is 0 Å². The summed E-state index contributed by atoms with van der Waals surface area (Å²) < 4.78 is 2.65. The second kappa shape index (κ2) is 12.2. The Morgan fingerprint density at radius 2 is 0.706 bits per heavy atom. The first-order valence-electron chi connectivity index (χ1n) is 17.5. The zero-order chi connectivity index (χ0) is 33.7. The zero-order valence-electron chi connectivity index (χ0n) is 27.9. The van der Waals surface area contributed by atoms with Gasteiger partial charge in [-0.25, -0.2) is 0 Å². The van der Waals surface area contributed by atoms with Gasteiger partial charge >= 0.3 is 0 Å². The van der Waals surface area contributed by atoms with E-state index < -0.39 is 0 Å². The second-order valence-corrected chi connectivity index (χ2v) is 14.3. The molecule has 0 saturated heterocycles. The van der Waals surface area contributed by atoms with Crippen LogP contribution in [0.5, 0.6) is 0 Å². The van der Waals surface area contributed by atoms with Gasteiger partial charge < -0.3 is 0 Å². The van der Waals surface area contributed by atoms with Crippen LogP contribution in [-0.4, -0.2) is 0 Å². The largest absolute Gasteiger partial charge is 0.135 e. The Labute approximate surface area is 301 Å². The van der Waals surface area contributed by atoms with Crippen molar-refractivity contribution in [3.05, 3.63) is 194 Å². The van der Waals surface area contributed by atoms with Crippen LogP contribution in [0, 0.1) is 0 Å². The van der Waals surface area contributed by atoms with Crippen LogP contribution in [0.2, 0.25) is 0 Å². The Kier molecular flexibility index (Phi) is 7.11. The first-order chi connectivity index (χ1) is 25.3. The van der Waals surface area contributed by atoms with Gasteiger partial charge in [-0.2, -0.15) is 0 Å². The maximum absolute atomic E-state index is 2.38. The molecule has 0 nitrogen and oxygen atoms in total. The number of thiophene rings is 1. The van der Waals surface area contributed by atoms with Gasteiger partial charge in [0.1, 0.15) is 0 Å². The molecule has 0 atom stereocenters. The molecule has 10 aromatic rings. The number of hydrogen-bond donors (Lipinski definition) is 0. The highest BCUT2D eigenvalue weighted by Gasteiger charge is 2.21. The molecule has 238 valence electrons. The molecule has 0 bridgehead atoms. The third-order valence-corrected chi connectivity index (χ3v) is 11.4. The lowest BCUT2D eigenvalue weighted by Crippen LogP contribution is -1.92. The fourth-order valence-electron chi connectivity index (χ4n) is 8.00. The fraction of sp³-hybridized carbons (Fsp3) is 0. The molecular formula is C50H32S. The predicted molar refractivity (Wildman–Crippen MR) is 222 cm³/mol. The van der Waals surface area contributed by atoms with Gasteiger partial charge in [-0.1, -0.05) is 170 Å². The highest BCUT2D eigenvalue weighted by molar-refractivity contribution is 7.26. The Balaban J connectivity index is 1.29. The molecule has 0 aliphatic heterocycles. The van der Waals surface area contributed by atoms with E-state index >= 15 is 0 Å². The summed E-state index contributed by atoms with van der Waals surface area (Å²) in [4.78, 5) is 0. The summed E-state index contributed by atoms with van der Waals surface area (Å²) in [7, 11) is 0. The minimum atomic E-state index is 1.22. The van der Waals surface area contributed by atoms with Gasteiger partial charge in [0.05, 0.1) is 0 Å². The maximum atomic E-state index is 2.38. The molecule has 10 rings (SSSR count). The highest BCUT2D eigenvalue weighted by Crippen LogP contribution is 2.49. The summed E-state index contributed by atoms with van der Waals surface area (Å²) >= 11 is 1.90. The van der Waals surface area contributed by atoms with Crippen molar-refractivity contribution in [1.29, 1.82) is 0 Å². The van der Waals surface area contributed by atoms with Crippen LogP contribution in [0.4, 0.5) is 0 Å². The van der Waals surface area contributed by atoms with E-state index in [0.717, 1.165) is 0 Å². The molecule has 1 aromatic heterocycles. The predicted octanol–water partition coefficient (Wildman–Crippen LogP) is 14.7. The quantitative estimate of drug-likeness (QED) is 0.161. The number of rotatable bonds is 5. The van der Waals surface area contributed by atoms with Crippen molar-refractivity contribution < 1.29 is 0 Å². The van der Waals surface area contributed by atoms with Gasteiger partial charge in [-0.15, -0.1) is 11.3 Å². The highest BCUT2D eigenvalue weighted by atomic mass is 32.1. The van der Waals surface area contributed by atoms with E-state index in [2.05, 4.69) is 194 Å². The van der Waals surface area contributed by atoms with Crippen molar-refractivity contribution in [3.63, 3.8) is 0 Å². The van der Waals surface area contributed by atoms with Gasteiger partial charge in [0.15, 0.2) is 0 Å². The standard InChI is InChI=1S/C50H32S/c1-4-16-33(17-5-1)36-30-37(34-18-6-2-7-19-34)32-38(31-36)47-40-22-10-12-24-42(40)48(43-25-13-11-23-41(43)47)44-27-15-29-46-49(44)45-28-14-26-39(50(45)51-46)35-20-8-3-9-21-35/h1-32H. The lowest BCUT2D eigenvalue weighted by Gasteiger charge is -2.19. The first-order valence-corrected chi connectivity index (χ1v) is 18.3. The Morgan fingerprint density at radius 3 is 1.27 bits per heavy atom. The van der Waals surface area contributed by atoms with Gasteiger partial charge in [-0.3, -0.25) is 0 Å². The van der Waals surface area contributed by atoms with E-state index in [1.807, 2.05) is 11.3 Å². The third-order valence-electron chi connectivity index (χ3n) is 10.2. The maximum Gasteiger partial charge on any atom is 0.0434 e. The van der Waals surface area contributed by atoms with Crippen LogP contribution in [-0.2, 0) is 0 Å². The SMILES string of the molecule is c1ccc(-c2cc(-c3ccccc3)cc(-c3c4ccccc4c(-c4cccc5sc6c(-c7ccccc7)cccc6c45)c4ccccc34)c2)cc1. The lowest BCUT2D eigenvalue weighted by atomic mass is 9.83. The van der Waals surface area contributed by atoms with Crippen LogP contribution in [0.15, 0.2) is 194 Å². The van der Waals surface area contributed by atoms with Gasteiger partial charge in [0.2, 0.25) is 0 Å². The topological polar surface area (TPSA) is 0 Å². The van der Waals surface area contributed by atoms with E-state index in [-0.39, 0.29) is 0 Å². The summed E-state index contributed by atoms with van der Waals surface area (Å²) in [6, 6.07) is 71.1. The Morgan fingerprint density at radius 1 is 0.275 bits per heavy atom. The smallest absolute Gasteiger partial charge is 0.0434 e. The summed E-state index contributed by atoms with van der Waals surface area (Å²) in [5.41, 5.74) is 12.5. The molecule has 51 heavy (non-hydrogen) atoms. The number of hydrogen-bond acceptors (Lipinski definition) is 1. The molecule has 9 aromatic carbocycles. The van der Waals surface area contributed by atoms with Crippen LogP contribution < -0.4 is 0 Å². The van der Waals surface area contributed by atoms with Crippen LogP contribution in [0.1, 0.15) is 0 Å². The van der Waals surface area contributed by atoms with Crippen molar-refractivity contribution in [3.8, 4) is 55.6 Å². The fourth-order valence-corrected chi connectivity index (χ4v) is 9.26. The minimum absolute atomic E-state index is 1.22. The van der Waals surface area contributed by atoms with E-state index in [1.165, 1.54) is 97.4 Å². The molecule has 0 spiro atoms. The normalized spacial score (nSPS) is 11.5. The van der Waals surface area contributed by atoms with Crippen molar-refractivity contribution in [1.82, 2.24) is 0 Å². The molecule has 0 aliphatic rings. The molecular weight excluding hydrogens is 633 g/mol. The molecule has 0 fully saturated rings. The van der Waals surface area contributed by atoms with Crippen LogP contribution >= 0.6 is 11.3 Å². The van der Waals surface area contributed by atoms with Crippen LogP contribution in [0.3, 0.4) is 0 Å². The Bertz CT molecular complexity index is 2770. The second-order valence-electron chi connectivity index (χ2n) is 13.2. The molecule has 1 heteroatoms. The van der Waals surface area contributed by atoms with E-state index in [4.69, 9.17) is 0 Å². The molecule has 1 heterocycles. The number of benzene rings is 9. The molecule has 0 radical (unpaired) electrons.